The average Bonchev–Trinajstić information content (AvgIpc) is 2.77. The number of H-pyrrole nitrogens is 1. The standard InChI is InChI=1S/C12H13ClN4O3S/c1-17-11(19)15-16-12(17)21-6-10(18)14-7-3-4-9(20-2)8(13)5-7/h3-5H,6H2,1-2H3,(H,14,18)(H,15,19). The fourth-order valence-corrected chi connectivity index (χ4v) is 2.51. The van der Waals surface area contributed by atoms with Gasteiger partial charge < -0.3 is 10.1 Å². The minimum Gasteiger partial charge on any atom is -0.495 e. The van der Waals surface area contributed by atoms with Crippen LogP contribution in [0.25, 0.3) is 0 Å². The van der Waals surface area contributed by atoms with Crippen molar-refractivity contribution in [3.8, 4) is 5.75 Å². The van der Waals surface area contributed by atoms with Crippen molar-refractivity contribution in [1.82, 2.24) is 14.8 Å². The van der Waals surface area contributed by atoms with E-state index in [1.54, 1.807) is 25.2 Å². The highest BCUT2D eigenvalue weighted by molar-refractivity contribution is 7.99. The van der Waals surface area contributed by atoms with Crippen molar-refractivity contribution in [3.05, 3.63) is 33.7 Å². The first-order chi connectivity index (χ1) is 10.0. The van der Waals surface area contributed by atoms with Gasteiger partial charge in [0.25, 0.3) is 0 Å². The summed E-state index contributed by atoms with van der Waals surface area (Å²) in [5, 5.41) is 9.67. The van der Waals surface area contributed by atoms with E-state index in [0.717, 1.165) is 11.8 Å². The van der Waals surface area contributed by atoms with E-state index in [1.165, 1.54) is 11.7 Å². The predicted molar refractivity (Wildman–Crippen MR) is 81.2 cm³/mol. The maximum absolute atomic E-state index is 11.8. The van der Waals surface area contributed by atoms with Crippen LogP contribution in [0.4, 0.5) is 5.69 Å². The van der Waals surface area contributed by atoms with E-state index in [4.69, 9.17) is 16.3 Å². The molecule has 0 saturated heterocycles. The van der Waals surface area contributed by atoms with Crippen molar-refractivity contribution in [2.45, 2.75) is 5.16 Å². The molecule has 1 aromatic carbocycles. The molecule has 0 spiro atoms. The highest BCUT2D eigenvalue weighted by Crippen LogP contribution is 2.27. The fourth-order valence-electron chi connectivity index (χ4n) is 1.53. The number of amides is 1. The van der Waals surface area contributed by atoms with Crippen LogP contribution in [0.5, 0.6) is 5.75 Å². The van der Waals surface area contributed by atoms with Crippen LogP contribution in [0.2, 0.25) is 5.02 Å². The lowest BCUT2D eigenvalue weighted by atomic mass is 10.3. The van der Waals surface area contributed by atoms with Crippen molar-refractivity contribution in [3.63, 3.8) is 0 Å². The van der Waals surface area contributed by atoms with Gasteiger partial charge in [-0.1, -0.05) is 23.4 Å². The van der Waals surface area contributed by atoms with Gasteiger partial charge in [-0.15, -0.1) is 5.10 Å². The molecule has 0 radical (unpaired) electrons. The minimum atomic E-state index is -0.320. The number of benzene rings is 1. The van der Waals surface area contributed by atoms with Crippen molar-refractivity contribution >= 4 is 35.0 Å². The Bertz CT molecular complexity index is 713. The molecule has 0 aliphatic rings. The molecule has 1 amide bonds. The van der Waals surface area contributed by atoms with E-state index in [2.05, 4.69) is 15.5 Å². The third-order valence-electron chi connectivity index (χ3n) is 2.61. The number of carbonyl (C=O) groups excluding carboxylic acids is 1. The summed E-state index contributed by atoms with van der Waals surface area (Å²) in [4.78, 5) is 23.0. The first-order valence-corrected chi connectivity index (χ1v) is 7.25. The first kappa shape index (κ1) is 15.5. The molecule has 0 aliphatic heterocycles. The number of halogens is 1. The summed E-state index contributed by atoms with van der Waals surface area (Å²) >= 11 is 7.13. The Kier molecular flexibility index (Phi) is 4.92. The number of aromatic amines is 1. The van der Waals surface area contributed by atoms with E-state index in [-0.39, 0.29) is 17.3 Å². The zero-order valence-electron chi connectivity index (χ0n) is 11.3. The SMILES string of the molecule is COc1ccc(NC(=O)CSc2n[nH]c(=O)n2C)cc1Cl. The quantitative estimate of drug-likeness (QED) is 0.812. The van der Waals surface area contributed by atoms with Crippen LogP contribution >= 0.6 is 23.4 Å². The molecule has 2 aromatic rings. The summed E-state index contributed by atoms with van der Waals surface area (Å²) in [7, 11) is 3.10. The lowest BCUT2D eigenvalue weighted by Gasteiger charge is -2.07. The number of thioether (sulfide) groups is 1. The molecule has 2 N–H and O–H groups in total. The van der Waals surface area contributed by atoms with Crippen LogP contribution in [0.15, 0.2) is 28.2 Å². The fraction of sp³-hybridized carbons (Fsp3) is 0.250. The van der Waals surface area contributed by atoms with Crippen molar-refractivity contribution in [1.29, 1.82) is 0 Å². The molecular formula is C12H13ClN4O3S. The van der Waals surface area contributed by atoms with Crippen molar-refractivity contribution < 1.29 is 9.53 Å². The largest absolute Gasteiger partial charge is 0.495 e. The smallest absolute Gasteiger partial charge is 0.343 e. The zero-order chi connectivity index (χ0) is 15.4. The number of aromatic nitrogens is 3. The van der Waals surface area contributed by atoms with Crippen LogP contribution in [0.1, 0.15) is 0 Å². The van der Waals surface area contributed by atoms with Gasteiger partial charge in [0.2, 0.25) is 5.91 Å². The lowest BCUT2D eigenvalue weighted by Crippen LogP contribution is -2.16. The Morgan fingerprint density at radius 1 is 1.57 bits per heavy atom. The number of rotatable bonds is 5. The van der Waals surface area contributed by atoms with Gasteiger partial charge in [-0.3, -0.25) is 9.36 Å². The minimum absolute atomic E-state index is 0.127. The second-order valence-corrected chi connectivity index (χ2v) is 5.41. The number of anilines is 1. The normalized spacial score (nSPS) is 10.4. The summed E-state index contributed by atoms with van der Waals surface area (Å²) in [5.74, 6) is 0.439. The Balaban J connectivity index is 1.94. The second kappa shape index (κ2) is 6.68. The molecule has 112 valence electrons. The Hall–Kier alpha value is -1.93. The van der Waals surface area contributed by atoms with Crippen molar-refractivity contribution in [2.24, 2.45) is 7.05 Å². The zero-order valence-corrected chi connectivity index (χ0v) is 12.9. The predicted octanol–water partition coefficient (Wildman–Crippen LogP) is 1.50. The number of ether oxygens (including phenoxy) is 1. The van der Waals surface area contributed by atoms with Crippen LogP contribution in [0.3, 0.4) is 0 Å². The highest BCUT2D eigenvalue weighted by atomic mass is 35.5. The number of carbonyl (C=O) groups is 1. The molecule has 0 fully saturated rings. The molecule has 9 heteroatoms. The molecule has 2 rings (SSSR count). The van der Waals surface area contributed by atoms with E-state index in [1.807, 2.05) is 0 Å². The third kappa shape index (κ3) is 3.79. The second-order valence-electron chi connectivity index (χ2n) is 4.06. The van der Waals surface area contributed by atoms with E-state index in [9.17, 15) is 9.59 Å². The average molecular weight is 329 g/mol. The van der Waals surface area contributed by atoms with E-state index in [0.29, 0.717) is 21.6 Å². The summed E-state index contributed by atoms with van der Waals surface area (Å²) in [6, 6.07) is 4.97. The Labute approximate surface area is 129 Å². The molecule has 7 nitrogen and oxygen atoms in total. The topological polar surface area (TPSA) is 89.0 Å². The summed E-state index contributed by atoms with van der Waals surface area (Å²) in [5.41, 5.74) is 0.252. The lowest BCUT2D eigenvalue weighted by molar-refractivity contribution is -0.113. The van der Waals surface area contributed by atoms with Gasteiger partial charge in [-0.05, 0) is 18.2 Å². The molecule has 1 heterocycles. The maximum Gasteiger partial charge on any atom is 0.343 e. The van der Waals surface area contributed by atoms with Crippen LogP contribution in [0, 0.1) is 0 Å². The maximum atomic E-state index is 11.8. The monoisotopic (exact) mass is 328 g/mol. The first-order valence-electron chi connectivity index (χ1n) is 5.89. The van der Waals surface area contributed by atoms with E-state index >= 15 is 0 Å². The van der Waals surface area contributed by atoms with Crippen molar-refractivity contribution in [2.75, 3.05) is 18.2 Å². The van der Waals surface area contributed by atoms with Crippen LogP contribution < -0.4 is 15.7 Å². The summed E-state index contributed by atoms with van der Waals surface area (Å²) in [6.45, 7) is 0. The number of nitrogens with one attached hydrogen (secondary N) is 2. The molecule has 0 saturated carbocycles. The van der Waals surface area contributed by atoms with E-state index < -0.39 is 0 Å². The van der Waals surface area contributed by atoms with Gasteiger partial charge in [0.1, 0.15) is 5.75 Å². The Morgan fingerprint density at radius 2 is 2.33 bits per heavy atom. The summed E-state index contributed by atoms with van der Waals surface area (Å²) < 4.78 is 6.37. The number of hydrogen-bond donors (Lipinski definition) is 2. The van der Waals surface area contributed by atoms with Gasteiger partial charge in [0.05, 0.1) is 17.9 Å². The molecular weight excluding hydrogens is 316 g/mol. The highest BCUT2D eigenvalue weighted by Gasteiger charge is 2.10. The summed E-state index contributed by atoms with van der Waals surface area (Å²) in [6.07, 6.45) is 0. The molecule has 0 unspecified atom stereocenters. The van der Waals surface area contributed by atoms with Gasteiger partial charge >= 0.3 is 5.69 Å². The number of methoxy groups -OCH3 is 1. The molecule has 21 heavy (non-hydrogen) atoms. The molecule has 0 atom stereocenters. The van der Waals surface area contributed by atoms with Crippen LogP contribution in [-0.4, -0.2) is 33.5 Å². The molecule has 0 bridgehead atoms. The van der Waals surface area contributed by atoms with Gasteiger partial charge in [0, 0.05) is 12.7 Å². The van der Waals surface area contributed by atoms with Gasteiger partial charge in [0.15, 0.2) is 5.16 Å². The third-order valence-corrected chi connectivity index (χ3v) is 3.93. The van der Waals surface area contributed by atoms with Gasteiger partial charge in [-0.25, -0.2) is 9.89 Å². The van der Waals surface area contributed by atoms with Gasteiger partial charge in [-0.2, -0.15) is 0 Å². The Morgan fingerprint density at radius 3 is 2.90 bits per heavy atom. The molecule has 0 aliphatic carbocycles. The van der Waals surface area contributed by atoms with Crippen LogP contribution in [-0.2, 0) is 11.8 Å². The number of nitrogens with zero attached hydrogens (tertiary/aromatic N) is 2. The molecule has 1 aromatic heterocycles. The number of hydrogen-bond acceptors (Lipinski definition) is 5.